The lowest BCUT2D eigenvalue weighted by Crippen LogP contribution is -2.17. The van der Waals surface area contributed by atoms with Gasteiger partial charge in [-0.25, -0.2) is 0 Å². The molecule has 2 N–H and O–H groups in total. The normalized spacial score (nSPS) is 18.0. The average molecular weight is 265 g/mol. The molecule has 1 fully saturated rings. The van der Waals surface area contributed by atoms with Crippen LogP contribution < -0.4 is 5.32 Å². The zero-order valence-electron chi connectivity index (χ0n) is 12.0. The Hall–Kier alpha value is -0.870. The van der Waals surface area contributed by atoms with Crippen LogP contribution in [0.25, 0.3) is 0 Å². The number of nitrogens with zero attached hydrogens (tertiary/aromatic N) is 2. The summed E-state index contributed by atoms with van der Waals surface area (Å²) in [6, 6.07) is 2.76. The van der Waals surface area contributed by atoms with Gasteiger partial charge in [0.25, 0.3) is 0 Å². The van der Waals surface area contributed by atoms with E-state index in [0.717, 1.165) is 31.6 Å². The molecule has 0 aromatic carbocycles. The summed E-state index contributed by atoms with van der Waals surface area (Å²) in [5.41, 5.74) is 1.14. The van der Waals surface area contributed by atoms with E-state index in [2.05, 4.69) is 34.3 Å². The Morgan fingerprint density at radius 2 is 2.26 bits per heavy atom. The van der Waals surface area contributed by atoms with E-state index in [1.807, 2.05) is 0 Å². The Morgan fingerprint density at radius 1 is 1.47 bits per heavy atom. The average Bonchev–Trinajstić information content (AvgIpc) is 3.08. The highest BCUT2D eigenvalue weighted by molar-refractivity contribution is 4.99. The third kappa shape index (κ3) is 4.62. The third-order valence-electron chi connectivity index (χ3n) is 4.03. The second kappa shape index (κ2) is 7.65. The maximum absolute atomic E-state index is 8.94. The van der Waals surface area contributed by atoms with Gasteiger partial charge in [-0.1, -0.05) is 19.8 Å². The largest absolute Gasteiger partial charge is 0.396 e. The van der Waals surface area contributed by atoms with Crippen molar-refractivity contribution in [1.82, 2.24) is 15.1 Å². The number of aliphatic hydroxyl groups excluding tert-OH is 1. The molecule has 4 heteroatoms. The van der Waals surface area contributed by atoms with Gasteiger partial charge < -0.3 is 10.4 Å². The van der Waals surface area contributed by atoms with Crippen molar-refractivity contribution in [3.05, 3.63) is 18.0 Å². The number of aromatic nitrogens is 2. The second-order valence-corrected chi connectivity index (χ2v) is 5.83. The summed E-state index contributed by atoms with van der Waals surface area (Å²) in [5.74, 6) is 0.420. The molecule has 1 saturated carbocycles. The molecular formula is C15H27N3O. The van der Waals surface area contributed by atoms with E-state index >= 15 is 0 Å². The first-order chi connectivity index (χ1) is 9.29. The molecule has 1 aliphatic carbocycles. The topological polar surface area (TPSA) is 50.1 Å². The number of hydrogen-bond acceptors (Lipinski definition) is 3. The molecule has 4 nitrogen and oxygen atoms in total. The molecule has 108 valence electrons. The molecule has 1 atom stereocenters. The molecule has 1 aliphatic rings. The number of rotatable bonds is 8. The van der Waals surface area contributed by atoms with Crippen LogP contribution in [0.2, 0.25) is 0 Å². The Bertz CT molecular complexity index is 358. The quantitative estimate of drug-likeness (QED) is 0.710. The van der Waals surface area contributed by atoms with E-state index in [1.54, 1.807) is 0 Å². The molecule has 19 heavy (non-hydrogen) atoms. The van der Waals surface area contributed by atoms with Crippen molar-refractivity contribution in [2.24, 2.45) is 5.92 Å². The number of hydrogen-bond donors (Lipinski definition) is 2. The van der Waals surface area contributed by atoms with Crippen LogP contribution in [0.15, 0.2) is 12.3 Å². The van der Waals surface area contributed by atoms with Crippen LogP contribution >= 0.6 is 0 Å². The van der Waals surface area contributed by atoms with Crippen molar-refractivity contribution in [2.45, 2.75) is 58.0 Å². The fourth-order valence-electron chi connectivity index (χ4n) is 2.73. The van der Waals surface area contributed by atoms with Crippen molar-refractivity contribution in [1.29, 1.82) is 0 Å². The maximum Gasteiger partial charge on any atom is 0.0762 e. The second-order valence-electron chi connectivity index (χ2n) is 5.83. The predicted octanol–water partition coefficient (Wildman–Crippen LogP) is 2.50. The minimum atomic E-state index is 0.297. The summed E-state index contributed by atoms with van der Waals surface area (Å²) in [4.78, 5) is 0. The molecule has 0 amide bonds. The monoisotopic (exact) mass is 265 g/mol. The molecule has 1 aromatic heterocycles. The highest BCUT2D eigenvalue weighted by Crippen LogP contribution is 2.28. The van der Waals surface area contributed by atoms with Gasteiger partial charge in [0.2, 0.25) is 0 Å². The summed E-state index contributed by atoms with van der Waals surface area (Å²) in [6.07, 6.45) is 9.59. The van der Waals surface area contributed by atoms with Crippen molar-refractivity contribution in [3.63, 3.8) is 0 Å². The van der Waals surface area contributed by atoms with E-state index in [0.29, 0.717) is 18.6 Å². The van der Waals surface area contributed by atoms with Gasteiger partial charge in [0.15, 0.2) is 0 Å². The molecule has 1 aromatic rings. The van der Waals surface area contributed by atoms with Gasteiger partial charge in [-0.05, 0) is 44.2 Å². The fraction of sp³-hybridized carbons (Fsp3) is 0.800. The smallest absolute Gasteiger partial charge is 0.0762 e. The fourth-order valence-corrected chi connectivity index (χ4v) is 2.73. The molecule has 0 radical (unpaired) electrons. The SMILES string of the molecule is CC(CO)CCCNCc1ccn(C2CCCC2)n1. The van der Waals surface area contributed by atoms with Crippen molar-refractivity contribution in [3.8, 4) is 0 Å². The van der Waals surface area contributed by atoms with Gasteiger partial charge in [-0.15, -0.1) is 0 Å². The molecule has 2 rings (SSSR count). The van der Waals surface area contributed by atoms with Gasteiger partial charge in [0.1, 0.15) is 0 Å². The summed E-state index contributed by atoms with van der Waals surface area (Å²) in [5, 5.41) is 17.0. The Kier molecular flexibility index (Phi) is 5.86. The zero-order valence-corrected chi connectivity index (χ0v) is 12.0. The summed E-state index contributed by atoms with van der Waals surface area (Å²) >= 11 is 0. The van der Waals surface area contributed by atoms with E-state index < -0.39 is 0 Å². The van der Waals surface area contributed by atoms with Gasteiger partial charge in [-0.2, -0.15) is 5.10 Å². The van der Waals surface area contributed by atoms with E-state index in [4.69, 9.17) is 5.11 Å². The van der Waals surface area contributed by atoms with Crippen LogP contribution in [0.4, 0.5) is 0 Å². The zero-order chi connectivity index (χ0) is 13.5. The first-order valence-electron chi connectivity index (χ1n) is 7.65. The van der Waals surface area contributed by atoms with Gasteiger partial charge in [-0.3, -0.25) is 4.68 Å². The Labute approximate surface area is 116 Å². The van der Waals surface area contributed by atoms with E-state index in [1.165, 1.54) is 25.7 Å². The van der Waals surface area contributed by atoms with Crippen LogP contribution in [0, 0.1) is 5.92 Å². The first-order valence-corrected chi connectivity index (χ1v) is 7.65. The molecule has 1 unspecified atom stereocenters. The summed E-state index contributed by atoms with van der Waals surface area (Å²) < 4.78 is 2.15. The standard InChI is InChI=1S/C15H27N3O/c1-13(12-19)5-4-9-16-11-14-8-10-18(17-14)15-6-2-3-7-15/h8,10,13,15-16,19H,2-7,9,11-12H2,1H3. The van der Waals surface area contributed by atoms with E-state index in [9.17, 15) is 0 Å². The highest BCUT2D eigenvalue weighted by Gasteiger charge is 2.17. The van der Waals surface area contributed by atoms with Gasteiger partial charge >= 0.3 is 0 Å². The van der Waals surface area contributed by atoms with Crippen LogP contribution in [0.1, 0.15) is 57.2 Å². The summed E-state index contributed by atoms with van der Waals surface area (Å²) in [6.45, 7) is 4.24. The summed E-state index contributed by atoms with van der Waals surface area (Å²) in [7, 11) is 0. The maximum atomic E-state index is 8.94. The predicted molar refractivity (Wildman–Crippen MR) is 76.9 cm³/mol. The number of nitrogens with one attached hydrogen (secondary N) is 1. The molecule has 0 aliphatic heterocycles. The van der Waals surface area contributed by atoms with Crippen LogP contribution in [-0.4, -0.2) is 28.0 Å². The van der Waals surface area contributed by atoms with Crippen LogP contribution in [0.5, 0.6) is 0 Å². The lowest BCUT2D eigenvalue weighted by atomic mass is 10.1. The van der Waals surface area contributed by atoms with Crippen molar-refractivity contribution >= 4 is 0 Å². The number of aliphatic hydroxyl groups is 1. The van der Waals surface area contributed by atoms with Gasteiger partial charge in [0.05, 0.1) is 11.7 Å². The minimum absolute atomic E-state index is 0.297. The molecule has 0 spiro atoms. The first kappa shape index (κ1) is 14.5. The highest BCUT2D eigenvalue weighted by atomic mass is 16.3. The van der Waals surface area contributed by atoms with Gasteiger partial charge in [0, 0.05) is 19.3 Å². The lowest BCUT2D eigenvalue weighted by molar-refractivity contribution is 0.228. The lowest BCUT2D eigenvalue weighted by Gasteiger charge is -2.09. The molecule has 0 bridgehead atoms. The molecule has 0 saturated heterocycles. The van der Waals surface area contributed by atoms with Crippen LogP contribution in [-0.2, 0) is 6.54 Å². The van der Waals surface area contributed by atoms with Crippen molar-refractivity contribution < 1.29 is 5.11 Å². The Balaban J connectivity index is 1.63. The van der Waals surface area contributed by atoms with Crippen LogP contribution in [0.3, 0.4) is 0 Å². The third-order valence-corrected chi connectivity index (χ3v) is 4.03. The van der Waals surface area contributed by atoms with E-state index in [-0.39, 0.29) is 0 Å². The molecular weight excluding hydrogens is 238 g/mol. The Morgan fingerprint density at radius 3 is 3.00 bits per heavy atom. The molecule has 1 heterocycles. The van der Waals surface area contributed by atoms with Crippen molar-refractivity contribution in [2.75, 3.05) is 13.2 Å². The minimum Gasteiger partial charge on any atom is -0.396 e.